The monoisotopic (exact) mass is 504 g/mol. The van der Waals surface area contributed by atoms with Crippen LogP contribution in [0.4, 0.5) is 0 Å². The first-order valence-corrected chi connectivity index (χ1v) is 13.5. The van der Waals surface area contributed by atoms with Crippen molar-refractivity contribution in [1.29, 1.82) is 0 Å². The van der Waals surface area contributed by atoms with E-state index in [2.05, 4.69) is 20.1 Å². The van der Waals surface area contributed by atoms with Gasteiger partial charge in [-0.15, -0.1) is 13.2 Å². The average Bonchev–Trinajstić information content (AvgIpc) is 3.48. The number of hydrogen-bond donors (Lipinski definition) is 1. The fraction of sp³-hybridized carbons (Fsp3) is 0.750. The van der Waals surface area contributed by atoms with Crippen molar-refractivity contribution in [2.75, 3.05) is 19.8 Å². The van der Waals surface area contributed by atoms with Crippen molar-refractivity contribution in [2.45, 2.75) is 96.1 Å². The van der Waals surface area contributed by atoms with Gasteiger partial charge < -0.3 is 24.4 Å². The van der Waals surface area contributed by atoms with Crippen molar-refractivity contribution in [2.24, 2.45) is 17.8 Å². The van der Waals surface area contributed by atoms with E-state index < -0.39 is 41.6 Å². The number of likely N-dealkylation sites (tertiary alicyclic amines) is 1. The zero-order valence-electron chi connectivity index (χ0n) is 22.4. The van der Waals surface area contributed by atoms with E-state index in [1.165, 1.54) is 0 Å². The predicted octanol–water partition coefficient (Wildman–Crippen LogP) is 3.09. The van der Waals surface area contributed by atoms with Crippen LogP contribution in [0.3, 0.4) is 0 Å². The molecule has 1 spiro atoms. The molecule has 1 N–H and O–H groups in total. The molecular weight excluding hydrogens is 460 g/mol. The van der Waals surface area contributed by atoms with E-state index in [0.717, 1.165) is 12.8 Å². The van der Waals surface area contributed by atoms with Crippen LogP contribution in [0.25, 0.3) is 0 Å². The summed E-state index contributed by atoms with van der Waals surface area (Å²) in [5, 5.41) is 10.4. The summed E-state index contributed by atoms with van der Waals surface area (Å²) in [7, 11) is 0. The summed E-state index contributed by atoms with van der Waals surface area (Å²) in [6.07, 6.45) is 6.81. The Morgan fingerprint density at radius 2 is 2.03 bits per heavy atom. The number of amides is 2. The third-order valence-electron chi connectivity index (χ3n) is 8.01. The summed E-state index contributed by atoms with van der Waals surface area (Å²) in [6, 6.07) is -1.50. The minimum Gasteiger partial charge on any atom is -0.465 e. The molecule has 3 aliphatic rings. The number of nitrogens with zero attached hydrogens (tertiary/aromatic N) is 2. The molecule has 3 unspecified atom stereocenters. The van der Waals surface area contributed by atoms with Gasteiger partial charge in [0.15, 0.2) is 0 Å². The largest absolute Gasteiger partial charge is 0.465 e. The number of carbonyl (C=O) groups excluding carboxylic acids is 3. The molecule has 3 fully saturated rings. The zero-order valence-corrected chi connectivity index (χ0v) is 22.4. The van der Waals surface area contributed by atoms with Gasteiger partial charge in [0.2, 0.25) is 11.8 Å². The molecule has 8 heteroatoms. The van der Waals surface area contributed by atoms with Crippen molar-refractivity contribution in [3.8, 4) is 0 Å². The summed E-state index contributed by atoms with van der Waals surface area (Å²) < 4.78 is 12.0. The van der Waals surface area contributed by atoms with E-state index in [9.17, 15) is 19.5 Å². The van der Waals surface area contributed by atoms with E-state index in [-0.39, 0.29) is 37.0 Å². The van der Waals surface area contributed by atoms with Gasteiger partial charge in [0.05, 0.1) is 37.2 Å². The molecule has 0 radical (unpaired) electrons. The second-order valence-corrected chi connectivity index (χ2v) is 10.9. The first-order chi connectivity index (χ1) is 17.2. The average molecular weight is 505 g/mol. The molecule has 202 valence electrons. The molecule has 3 aliphatic heterocycles. The van der Waals surface area contributed by atoms with Crippen LogP contribution in [0.1, 0.15) is 66.2 Å². The molecule has 36 heavy (non-hydrogen) atoms. The molecule has 0 aromatic heterocycles. The Morgan fingerprint density at radius 1 is 1.31 bits per heavy atom. The molecule has 2 bridgehead atoms. The van der Waals surface area contributed by atoms with Crippen molar-refractivity contribution < 1.29 is 29.0 Å². The highest BCUT2D eigenvalue weighted by atomic mass is 16.6. The summed E-state index contributed by atoms with van der Waals surface area (Å²) in [6.45, 7) is 15.9. The van der Waals surface area contributed by atoms with Crippen molar-refractivity contribution in [3.05, 3.63) is 25.3 Å². The fourth-order valence-corrected chi connectivity index (χ4v) is 6.55. The summed E-state index contributed by atoms with van der Waals surface area (Å²) >= 11 is 0. The van der Waals surface area contributed by atoms with E-state index in [4.69, 9.17) is 9.47 Å². The molecule has 3 rings (SSSR count). The van der Waals surface area contributed by atoms with Crippen molar-refractivity contribution >= 4 is 17.8 Å². The van der Waals surface area contributed by atoms with Crippen LogP contribution in [-0.4, -0.2) is 82.3 Å². The van der Waals surface area contributed by atoms with Gasteiger partial charge in [0.1, 0.15) is 11.6 Å². The molecule has 0 aromatic carbocycles. The standard InChI is InChI=1S/C28H44N2O6/c1-7-10-15-35-27(34)22-21-12-13-28(36-21)23(22)25(32)30(20(17-31)16-18(4)5)24(28)26(33)29(14-9-3)19(6)11-8-2/h7,9,18-24,31H,1,3,8,10-17H2,2,4-6H3/t19?,20-,21+,22-,23+,24?,28?/m1/s1. The first kappa shape index (κ1) is 28.4. The summed E-state index contributed by atoms with van der Waals surface area (Å²) in [5.41, 5.74) is -1.10. The Kier molecular flexibility index (Phi) is 9.39. The maximum Gasteiger partial charge on any atom is 0.312 e. The normalized spacial score (nSPS) is 30.3. The molecule has 3 heterocycles. The molecule has 2 amide bonds. The lowest BCUT2D eigenvalue weighted by atomic mass is 9.70. The maximum atomic E-state index is 14.3. The third-order valence-corrected chi connectivity index (χ3v) is 8.01. The number of esters is 1. The molecule has 0 aromatic rings. The Hall–Kier alpha value is -2.19. The Morgan fingerprint density at radius 3 is 2.61 bits per heavy atom. The third kappa shape index (κ3) is 4.99. The lowest BCUT2D eigenvalue weighted by Gasteiger charge is -2.41. The van der Waals surface area contributed by atoms with Crippen molar-refractivity contribution in [3.63, 3.8) is 0 Å². The van der Waals surface area contributed by atoms with Crippen LogP contribution < -0.4 is 0 Å². The molecule has 0 saturated carbocycles. The number of aliphatic hydroxyl groups is 1. The van der Waals surface area contributed by atoms with E-state index in [1.54, 1.807) is 22.0 Å². The second kappa shape index (κ2) is 11.9. The zero-order chi connectivity index (χ0) is 26.6. The minimum atomic E-state index is -1.10. The number of ether oxygens (including phenoxy) is 2. The Labute approximate surface area is 215 Å². The highest BCUT2D eigenvalue weighted by Crippen LogP contribution is 2.59. The van der Waals surface area contributed by atoms with E-state index in [1.807, 2.05) is 20.8 Å². The van der Waals surface area contributed by atoms with Gasteiger partial charge in [-0.2, -0.15) is 0 Å². The molecule has 3 saturated heterocycles. The van der Waals surface area contributed by atoms with Gasteiger partial charge in [-0.25, -0.2) is 0 Å². The van der Waals surface area contributed by atoms with Crippen LogP contribution in [0.5, 0.6) is 0 Å². The van der Waals surface area contributed by atoms with Gasteiger partial charge in [-0.3, -0.25) is 14.4 Å². The van der Waals surface area contributed by atoms with Crippen LogP contribution in [0.15, 0.2) is 25.3 Å². The van der Waals surface area contributed by atoms with Crippen LogP contribution >= 0.6 is 0 Å². The van der Waals surface area contributed by atoms with Crippen molar-refractivity contribution in [1.82, 2.24) is 9.80 Å². The fourth-order valence-electron chi connectivity index (χ4n) is 6.55. The number of aliphatic hydroxyl groups excluding tert-OH is 1. The van der Waals surface area contributed by atoms with Gasteiger partial charge in [-0.1, -0.05) is 39.3 Å². The van der Waals surface area contributed by atoms with Gasteiger partial charge in [0.25, 0.3) is 0 Å². The highest BCUT2D eigenvalue weighted by Gasteiger charge is 2.75. The number of hydrogen-bond acceptors (Lipinski definition) is 6. The van der Waals surface area contributed by atoms with Crippen LogP contribution in [0.2, 0.25) is 0 Å². The number of rotatable bonds is 14. The van der Waals surface area contributed by atoms with Crippen LogP contribution in [0, 0.1) is 17.8 Å². The minimum absolute atomic E-state index is 0.0520. The van der Waals surface area contributed by atoms with E-state index >= 15 is 0 Å². The highest BCUT2D eigenvalue weighted by molar-refractivity contribution is 5.98. The topological polar surface area (TPSA) is 96.4 Å². The maximum absolute atomic E-state index is 14.3. The van der Waals surface area contributed by atoms with Crippen LogP contribution in [-0.2, 0) is 23.9 Å². The SMILES string of the molecule is C=CCCOC(=O)[C@@H]1[C@@H]2CCC3(O2)C(C(=O)N(CC=C)C(C)CCC)N([C@@H](CO)CC(C)C)C(=O)[C@H]13. The second-order valence-electron chi connectivity index (χ2n) is 10.9. The van der Waals surface area contributed by atoms with Gasteiger partial charge in [0, 0.05) is 12.6 Å². The quantitative estimate of drug-likeness (QED) is 0.222. The molecule has 8 nitrogen and oxygen atoms in total. The molecular formula is C28H44N2O6. The predicted molar refractivity (Wildman–Crippen MR) is 137 cm³/mol. The van der Waals surface area contributed by atoms with E-state index in [0.29, 0.717) is 32.2 Å². The molecule has 7 atom stereocenters. The Bertz CT molecular complexity index is 844. The smallest absolute Gasteiger partial charge is 0.312 e. The summed E-state index contributed by atoms with van der Waals surface area (Å²) in [4.78, 5) is 44.9. The summed E-state index contributed by atoms with van der Waals surface area (Å²) in [5.74, 6) is -2.30. The lowest BCUT2D eigenvalue weighted by Crippen LogP contribution is -2.60. The molecule has 0 aliphatic carbocycles. The Balaban J connectivity index is 2.05. The lowest BCUT2D eigenvalue weighted by molar-refractivity contribution is -0.157. The van der Waals surface area contributed by atoms with Gasteiger partial charge in [-0.05, 0) is 44.9 Å². The number of fused-ring (bicyclic) bond motifs is 1. The first-order valence-electron chi connectivity index (χ1n) is 13.5. The number of carbonyl (C=O) groups is 3. The van der Waals surface area contributed by atoms with Gasteiger partial charge >= 0.3 is 5.97 Å².